The number of nitrogens with two attached hydrogens (primary N) is 1. The number of nitrogens with zero attached hydrogens (tertiary/aromatic N) is 2. The van der Waals surface area contributed by atoms with E-state index >= 15 is 0 Å². The molecule has 0 fully saturated rings. The van der Waals surface area contributed by atoms with Crippen LogP contribution in [0.2, 0.25) is 0 Å². The van der Waals surface area contributed by atoms with E-state index in [0.29, 0.717) is 17.9 Å². The largest absolute Gasteiger partial charge is 0.346 e. The van der Waals surface area contributed by atoms with Crippen molar-refractivity contribution in [3.63, 3.8) is 0 Å². The molecule has 0 aliphatic heterocycles. The number of benzene rings is 1. The molecule has 0 saturated heterocycles. The number of hydrogen-bond donors (Lipinski definition) is 3. The van der Waals surface area contributed by atoms with Gasteiger partial charge in [0.15, 0.2) is 0 Å². The number of carbonyl (C=O) groups is 1. The summed E-state index contributed by atoms with van der Waals surface area (Å²) in [5, 5.41) is 2.80. The highest BCUT2D eigenvalue weighted by atomic mass is 16.1. The lowest BCUT2D eigenvalue weighted by atomic mass is 10.2. The van der Waals surface area contributed by atoms with E-state index in [-0.39, 0.29) is 5.91 Å². The number of carbonyl (C=O) groups excluding carboxylic acids is 1. The number of anilines is 1. The number of hydrogen-bond acceptors (Lipinski definition) is 5. The summed E-state index contributed by atoms with van der Waals surface area (Å²) in [6, 6.07) is 8.66. The quantitative estimate of drug-likeness (QED) is 0.561. The maximum Gasteiger partial charge on any atom is 0.251 e. The van der Waals surface area contributed by atoms with Crippen molar-refractivity contribution in [1.29, 1.82) is 0 Å². The lowest BCUT2D eigenvalue weighted by molar-refractivity contribution is 0.0950. The summed E-state index contributed by atoms with van der Waals surface area (Å²) in [7, 11) is 0. The summed E-state index contributed by atoms with van der Waals surface area (Å²) >= 11 is 0. The van der Waals surface area contributed by atoms with Gasteiger partial charge in [0.2, 0.25) is 0 Å². The van der Waals surface area contributed by atoms with Crippen LogP contribution in [-0.4, -0.2) is 15.9 Å². The fourth-order valence-electron chi connectivity index (χ4n) is 1.59. The van der Waals surface area contributed by atoms with E-state index in [1.165, 1.54) is 0 Å². The standard InChI is InChI=1S/C13H15N5O/c1-9-15-7-6-12(17-9)8-16-13(19)10-2-4-11(18-14)5-3-10/h2-7,18H,8,14H2,1H3,(H,16,19). The first kappa shape index (κ1) is 13.0. The molecular weight excluding hydrogens is 242 g/mol. The molecule has 0 aliphatic carbocycles. The third-order valence-electron chi connectivity index (χ3n) is 2.58. The molecule has 1 aromatic heterocycles. The number of nitrogens with one attached hydrogen (secondary N) is 2. The molecule has 98 valence electrons. The normalized spacial score (nSPS) is 10.0. The van der Waals surface area contributed by atoms with Gasteiger partial charge < -0.3 is 10.7 Å². The molecule has 1 heterocycles. The summed E-state index contributed by atoms with van der Waals surface area (Å²) in [6.07, 6.45) is 1.67. The molecular formula is C13H15N5O. The fraction of sp³-hybridized carbons (Fsp3) is 0.154. The van der Waals surface area contributed by atoms with E-state index in [1.807, 2.05) is 6.92 Å². The maximum atomic E-state index is 11.9. The maximum absolute atomic E-state index is 11.9. The monoisotopic (exact) mass is 257 g/mol. The zero-order chi connectivity index (χ0) is 13.7. The van der Waals surface area contributed by atoms with E-state index in [4.69, 9.17) is 5.84 Å². The lowest BCUT2D eigenvalue weighted by Gasteiger charge is -2.06. The molecule has 0 atom stereocenters. The van der Waals surface area contributed by atoms with Gasteiger partial charge in [-0.3, -0.25) is 10.6 Å². The molecule has 2 rings (SSSR count). The Balaban J connectivity index is 1.97. The van der Waals surface area contributed by atoms with Crippen molar-refractivity contribution in [2.45, 2.75) is 13.5 Å². The van der Waals surface area contributed by atoms with Crippen LogP contribution in [0, 0.1) is 6.92 Å². The molecule has 0 bridgehead atoms. The van der Waals surface area contributed by atoms with Crippen molar-refractivity contribution in [2.24, 2.45) is 5.84 Å². The third kappa shape index (κ3) is 3.49. The summed E-state index contributed by atoms with van der Waals surface area (Å²) in [6.45, 7) is 2.18. The molecule has 2 aromatic rings. The van der Waals surface area contributed by atoms with Gasteiger partial charge in [-0.25, -0.2) is 9.97 Å². The Morgan fingerprint density at radius 3 is 2.63 bits per heavy atom. The predicted molar refractivity (Wildman–Crippen MR) is 72.2 cm³/mol. The smallest absolute Gasteiger partial charge is 0.251 e. The first-order valence-electron chi connectivity index (χ1n) is 5.82. The van der Waals surface area contributed by atoms with E-state index in [1.54, 1.807) is 36.5 Å². The van der Waals surface area contributed by atoms with Gasteiger partial charge in [0, 0.05) is 17.4 Å². The number of rotatable bonds is 4. The highest BCUT2D eigenvalue weighted by Gasteiger charge is 2.05. The van der Waals surface area contributed by atoms with Gasteiger partial charge in [-0.2, -0.15) is 0 Å². The SMILES string of the molecule is Cc1nccc(CNC(=O)c2ccc(NN)cc2)n1. The number of aryl methyl sites for hydroxylation is 1. The highest BCUT2D eigenvalue weighted by Crippen LogP contribution is 2.08. The van der Waals surface area contributed by atoms with E-state index in [2.05, 4.69) is 20.7 Å². The molecule has 1 amide bonds. The molecule has 0 unspecified atom stereocenters. The first-order chi connectivity index (χ1) is 9.19. The zero-order valence-electron chi connectivity index (χ0n) is 10.6. The van der Waals surface area contributed by atoms with Crippen LogP contribution in [0.3, 0.4) is 0 Å². The number of amides is 1. The lowest BCUT2D eigenvalue weighted by Crippen LogP contribution is -2.23. The Bertz CT molecular complexity index is 568. The Morgan fingerprint density at radius 2 is 2.00 bits per heavy atom. The van der Waals surface area contributed by atoms with Gasteiger partial charge in [0.05, 0.1) is 12.2 Å². The van der Waals surface area contributed by atoms with Crippen LogP contribution in [0.15, 0.2) is 36.5 Å². The molecule has 19 heavy (non-hydrogen) atoms. The molecule has 0 spiro atoms. The van der Waals surface area contributed by atoms with Crippen LogP contribution in [0.5, 0.6) is 0 Å². The van der Waals surface area contributed by atoms with Crippen molar-refractivity contribution in [3.05, 3.63) is 53.6 Å². The molecule has 0 saturated carbocycles. The average molecular weight is 257 g/mol. The topological polar surface area (TPSA) is 92.9 Å². The van der Waals surface area contributed by atoms with E-state index in [9.17, 15) is 4.79 Å². The van der Waals surface area contributed by atoms with Gasteiger partial charge >= 0.3 is 0 Å². The average Bonchev–Trinajstić information content (AvgIpc) is 2.45. The van der Waals surface area contributed by atoms with Crippen LogP contribution >= 0.6 is 0 Å². The van der Waals surface area contributed by atoms with Crippen molar-refractivity contribution in [3.8, 4) is 0 Å². The zero-order valence-corrected chi connectivity index (χ0v) is 10.6. The Kier molecular flexibility index (Phi) is 4.04. The van der Waals surface area contributed by atoms with Crippen molar-refractivity contribution < 1.29 is 4.79 Å². The summed E-state index contributed by atoms with van der Waals surface area (Å²) in [5.41, 5.74) is 4.61. The molecule has 1 aromatic carbocycles. The Labute approximate surface area is 111 Å². The molecule has 6 nitrogen and oxygen atoms in total. The van der Waals surface area contributed by atoms with Crippen LogP contribution in [0.4, 0.5) is 5.69 Å². The molecule has 0 radical (unpaired) electrons. The van der Waals surface area contributed by atoms with E-state index in [0.717, 1.165) is 11.4 Å². The van der Waals surface area contributed by atoms with Gasteiger partial charge in [-0.1, -0.05) is 0 Å². The Hall–Kier alpha value is -2.47. The predicted octanol–water partition coefficient (Wildman–Crippen LogP) is 1.00. The minimum absolute atomic E-state index is 0.153. The van der Waals surface area contributed by atoms with Crippen LogP contribution in [0.25, 0.3) is 0 Å². The summed E-state index contributed by atoms with van der Waals surface area (Å²) in [4.78, 5) is 20.1. The van der Waals surface area contributed by atoms with Crippen molar-refractivity contribution >= 4 is 11.6 Å². The molecule has 4 N–H and O–H groups in total. The second-order valence-corrected chi connectivity index (χ2v) is 4.00. The van der Waals surface area contributed by atoms with Gasteiger partial charge in [-0.05, 0) is 37.3 Å². The second-order valence-electron chi connectivity index (χ2n) is 4.00. The number of aromatic nitrogens is 2. The second kappa shape index (κ2) is 5.92. The van der Waals surface area contributed by atoms with Gasteiger partial charge in [0.25, 0.3) is 5.91 Å². The number of nitrogen functional groups attached to an aromatic ring is 1. The van der Waals surface area contributed by atoms with Crippen LogP contribution < -0.4 is 16.6 Å². The minimum Gasteiger partial charge on any atom is -0.346 e. The van der Waals surface area contributed by atoms with Crippen molar-refractivity contribution in [2.75, 3.05) is 5.43 Å². The van der Waals surface area contributed by atoms with Crippen LogP contribution in [0.1, 0.15) is 21.9 Å². The van der Waals surface area contributed by atoms with Crippen molar-refractivity contribution in [1.82, 2.24) is 15.3 Å². The first-order valence-corrected chi connectivity index (χ1v) is 5.82. The fourth-order valence-corrected chi connectivity index (χ4v) is 1.59. The van der Waals surface area contributed by atoms with Gasteiger partial charge in [-0.15, -0.1) is 0 Å². The van der Waals surface area contributed by atoms with Crippen LogP contribution in [-0.2, 0) is 6.54 Å². The van der Waals surface area contributed by atoms with E-state index < -0.39 is 0 Å². The number of hydrazine groups is 1. The molecule has 6 heteroatoms. The van der Waals surface area contributed by atoms with Gasteiger partial charge in [0.1, 0.15) is 5.82 Å². The molecule has 0 aliphatic rings. The highest BCUT2D eigenvalue weighted by molar-refractivity contribution is 5.94. The summed E-state index contributed by atoms with van der Waals surface area (Å²) in [5.74, 6) is 5.79. The Morgan fingerprint density at radius 1 is 1.26 bits per heavy atom. The third-order valence-corrected chi connectivity index (χ3v) is 2.58. The minimum atomic E-state index is -0.153. The summed E-state index contributed by atoms with van der Waals surface area (Å²) < 4.78 is 0.